The zero-order chi connectivity index (χ0) is 27.4. The molecule has 1 aromatic carbocycles. The highest BCUT2D eigenvalue weighted by Crippen LogP contribution is 2.32. The molecule has 1 aliphatic heterocycles. The van der Waals surface area contributed by atoms with Gasteiger partial charge in [0.15, 0.2) is 11.5 Å². The van der Waals surface area contributed by atoms with Gasteiger partial charge in [0.2, 0.25) is 0 Å². The lowest BCUT2D eigenvalue weighted by Crippen LogP contribution is -2.32. The van der Waals surface area contributed by atoms with E-state index >= 15 is 0 Å². The molecule has 4 heterocycles. The first-order valence-electron chi connectivity index (χ1n) is 13.2. The zero-order valence-corrected chi connectivity index (χ0v) is 23.6. The first-order chi connectivity index (χ1) is 19.0. The minimum atomic E-state index is -0.0905. The number of aromatic nitrogens is 3. The van der Waals surface area contributed by atoms with Crippen molar-refractivity contribution in [2.45, 2.75) is 45.8 Å². The smallest absolute Gasteiger partial charge is 0.253 e. The number of ether oxygens (including phenoxy) is 3. The maximum Gasteiger partial charge on any atom is 0.253 e. The minimum Gasteiger partial charge on any atom is -0.493 e. The summed E-state index contributed by atoms with van der Waals surface area (Å²) in [6.07, 6.45) is 4.71. The predicted octanol–water partition coefficient (Wildman–Crippen LogP) is 5.46. The van der Waals surface area contributed by atoms with Crippen LogP contribution in [0, 0.1) is 13.8 Å². The van der Waals surface area contributed by atoms with Crippen molar-refractivity contribution in [1.29, 1.82) is 0 Å². The summed E-state index contributed by atoms with van der Waals surface area (Å²) < 4.78 is 18.8. The van der Waals surface area contributed by atoms with Crippen molar-refractivity contribution in [3.63, 3.8) is 0 Å². The van der Waals surface area contributed by atoms with Gasteiger partial charge in [0, 0.05) is 48.2 Å². The van der Waals surface area contributed by atoms with Gasteiger partial charge in [0.1, 0.15) is 5.01 Å². The van der Waals surface area contributed by atoms with Crippen LogP contribution in [0.5, 0.6) is 11.5 Å². The average molecular weight is 547 g/mol. The highest BCUT2D eigenvalue weighted by molar-refractivity contribution is 7.13. The van der Waals surface area contributed by atoms with Crippen molar-refractivity contribution in [3.8, 4) is 33.5 Å². The van der Waals surface area contributed by atoms with Gasteiger partial charge in [-0.2, -0.15) is 0 Å². The maximum atomic E-state index is 13.3. The third-order valence-corrected chi connectivity index (χ3v) is 8.01. The normalized spacial score (nSPS) is 14.9. The second-order valence-electron chi connectivity index (χ2n) is 9.69. The fourth-order valence-corrected chi connectivity index (χ4v) is 5.68. The number of pyridine rings is 1. The molecule has 8 nitrogen and oxygen atoms in total. The topological polar surface area (TPSA) is 87.5 Å². The Kier molecular flexibility index (Phi) is 8.28. The van der Waals surface area contributed by atoms with Crippen LogP contribution in [0.3, 0.4) is 0 Å². The predicted molar refractivity (Wildman–Crippen MR) is 153 cm³/mol. The summed E-state index contributed by atoms with van der Waals surface area (Å²) in [4.78, 5) is 22.6. The van der Waals surface area contributed by atoms with Crippen molar-refractivity contribution in [1.82, 2.24) is 19.9 Å². The molecule has 0 saturated carbocycles. The highest BCUT2D eigenvalue weighted by Gasteiger charge is 2.22. The molecule has 0 radical (unpaired) electrons. The second kappa shape index (κ2) is 12.0. The molecule has 0 aliphatic carbocycles. The molecule has 1 amide bonds. The lowest BCUT2D eigenvalue weighted by Gasteiger charge is -2.13. The van der Waals surface area contributed by atoms with E-state index in [1.54, 1.807) is 25.6 Å². The Morgan fingerprint density at radius 3 is 2.72 bits per heavy atom. The first-order valence-corrected chi connectivity index (χ1v) is 14.0. The summed E-state index contributed by atoms with van der Waals surface area (Å²) in [5.41, 5.74) is 6.37. The van der Waals surface area contributed by atoms with Crippen molar-refractivity contribution < 1.29 is 19.0 Å². The molecule has 5 rings (SSSR count). The van der Waals surface area contributed by atoms with E-state index in [9.17, 15) is 4.79 Å². The number of hydrogen-bond acceptors (Lipinski definition) is 7. The van der Waals surface area contributed by atoms with E-state index in [0.29, 0.717) is 30.2 Å². The van der Waals surface area contributed by atoms with Crippen LogP contribution in [0.25, 0.3) is 22.0 Å². The molecule has 1 fully saturated rings. The Bertz CT molecular complexity index is 1440. The molecule has 9 heteroatoms. The fourth-order valence-electron chi connectivity index (χ4n) is 4.88. The third-order valence-electron chi connectivity index (χ3n) is 7.12. The molecule has 4 aromatic rings. The monoisotopic (exact) mass is 546 g/mol. The van der Waals surface area contributed by atoms with Crippen molar-refractivity contribution in [2.75, 3.05) is 27.4 Å². The molecule has 39 heavy (non-hydrogen) atoms. The van der Waals surface area contributed by atoms with Crippen LogP contribution in [0.2, 0.25) is 0 Å². The number of rotatable bonds is 10. The van der Waals surface area contributed by atoms with Gasteiger partial charge in [-0.1, -0.05) is 6.07 Å². The molecular formula is C30H34N4O4S. The highest BCUT2D eigenvalue weighted by atomic mass is 32.1. The summed E-state index contributed by atoms with van der Waals surface area (Å²) in [7, 11) is 3.27. The van der Waals surface area contributed by atoms with Gasteiger partial charge in [-0.3, -0.25) is 9.78 Å². The van der Waals surface area contributed by atoms with E-state index in [0.717, 1.165) is 64.8 Å². The van der Waals surface area contributed by atoms with Crippen LogP contribution in [-0.2, 0) is 17.7 Å². The van der Waals surface area contributed by atoms with Crippen LogP contribution in [0.1, 0.15) is 40.2 Å². The molecule has 1 aliphatic rings. The number of carbonyl (C=O) groups excluding carboxylic acids is 1. The average Bonchev–Trinajstić information content (AvgIpc) is 3.72. The Balaban J connectivity index is 1.44. The molecule has 1 unspecified atom stereocenters. The van der Waals surface area contributed by atoms with Crippen LogP contribution in [0.15, 0.2) is 48.0 Å². The number of carbonyl (C=O) groups is 1. The number of benzene rings is 1. The summed E-state index contributed by atoms with van der Waals surface area (Å²) in [6.45, 7) is 5.92. The number of thiazole rings is 1. The number of aryl methyl sites for hydroxylation is 2. The van der Waals surface area contributed by atoms with Crippen LogP contribution in [0.4, 0.5) is 0 Å². The summed E-state index contributed by atoms with van der Waals surface area (Å²) >= 11 is 1.57. The van der Waals surface area contributed by atoms with Gasteiger partial charge in [0.05, 0.1) is 37.3 Å². The van der Waals surface area contributed by atoms with Gasteiger partial charge in [-0.25, -0.2) is 4.98 Å². The molecule has 0 spiro atoms. The first kappa shape index (κ1) is 26.9. The van der Waals surface area contributed by atoms with Crippen LogP contribution >= 0.6 is 11.3 Å². The Morgan fingerprint density at radius 1 is 1.15 bits per heavy atom. The van der Waals surface area contributed by atoms with Crippen LogP contribution < -0.4 is 14.8 Å². The summed E-state index contributed by atoms with van der Waals surface area (Å²) in [5, 5.41) is 6.02. The summed E-state index contributed by atoms with van der Waals surface area (Å²) in [6, 6.07) is 11.9. The van der Waals surface area contributed by atoms with Crippen molar-refractivity contribution in [2.24, 2.45) is 0 Å². The quantitative estimate of drug-likeness (QED) is 0.284. The fraction of sp³-hybridized carbons (Fsp3) is 0.367. The Hall–Kier alpha value is -3.69. The van der Waals surface area contributed by atoms with Crippen molar-refractivity contribution >= 4 is 17.2 Å². The second-order valence-corrected chi connectivity index (χ2v) is 10.5. The van der Waals surface area contributed by atoms with E-state index in [1.807, 2.05) is 61.8 Å². The number of hydrogen-bond donors (Lipinski definition) is 1. The molecule has 0 bridgehead atoms. The van der Waals surface area contributed by atoms with Gasteiger partial charge < -0.3 is 24.1 Å². The van der Waals surface area contributed by atoms with E-state index in [1.165, 1.54) is 0 Å². The van der Waals surface area contributed by atoms with Crippen LogP contribution in [-0.4, -0.2) is 53.9 Å². The van der Waals surface area contributed by atoms with E-state index < -0.39 is 0 Å². The van der Waals surface area contributed by atoms with Gasteiger partial charge >= 0.3 is 0 Å². The molecular weight excluding hydrogens is 512 g/mol. The van der Waals surface area contributed by atoms with Crippen molar-refractivity contribution in [3.05, 3.63) is 70.5 Å². The minimum absolute atomic E-state index is 0.0880. The molecule has 1 saturated heterocycles. The van der Waals surface area contributed by atoms with E-state index in [4.69, 9.17) is 19.2 Å². The Morgan fingerprint density at radius 2 is 2.00 bits per heavy atom. The lowest BCUT2D eigenvalue weighted by molar-refractivity contribution is 0.0857. The lowest BCUT2D eigenvalue weighted by atomic mass is 10.1. The van der Waals surface area contributed by atoms with E-state index in [-0.39, 0.29) is 12.0 Å². The molecule has 3 aromatic heterocycles. The molecule has 1 atom stereocenters. The van der Waals surface area contributed by atoms with Gasteiger partial charge in [0.25, 0.3) is 5.91 Å². The van der Waals surface area contributed by atoms with E-state index in [2.05, 4.69) is 14.9 Å². The molecule has 1 N–H and O–H groups in total. The number of amides is 1. The summed E-state index contributed by atoms with van der Waals surface area (Å²) in [5.74, 6) is 1.31. The SMILES string of the molecule is COc1ccc(CCn2c(-c3csc(-c4ccc(C)nc4)n3)cc(C(=O)NCC3CCCO3)c2C)cc1OC. The maximum absolute atomic E-state index is 13.3. The molecule has 204 valence electrons. The number of methoxy groups -OCH3 is 2. The largest absolute Gasteiger partial charge is 0.493 e. The third kappa shape index (κ3) is 5.99. The van der Waals surface area contributed by atoms with Gasteiger partial charge in [-0.15, -0.1) is 11.3 Å². The standard InChI is InChI=1S/C30H34N4O4S/c1-19-7-9-22(16-31-19)30-33-25(18-39-30)26-15-24(29(35)32-17-23-6-5-13-38-23)20(2)34(26)12-11-21-8-10-27(36-3)28(14-21)37-4/h7-10,14-16,18,23H,5-6,11-13,17H2,1-4H3,(H,32,35). The number of nitrogens with one attached hydrogen (secondary N) is 1. The van der Waals surface area contributed by atoms with Gasteiger partial charge in [-0.05, 0) is 69.0 Å². The number of nitrogens with zero attached hydrogens (tertiary/aromatic N) is 3. The Labute approximate surface area is 233 Å². The zero-order valence-electron chi connectivity index (χ0n) is 22.8.